The molecule has 0 unspecified atom stereocenters. The second kappa shape index (κ2) is 15.0. The number of benzene rings is 10. The zero-order valence-electron chi connectivity index (χ0n) is 37.9. The van der Waals surface area contributed by atoms with Crippen LogP contribution in [0.3, 0.4) is 0 Å². The van der Waals surface area contributed by atoms with Gasteiger partial charge in [-0.05, 0) is 139 Å². The van der Waals surface area contributed by atoms with E-state index < -0.39 is 5.41 Å². The van der Waals surface area contributed by atoms with Gasteiger partial charge in [0.15, 0.2) is 0 Å². The Bertz CT molecular complexity index is 3490. The Balaban J connectivity index is 0.990. The van der Waals surface area contributed by atoms with Crippen LogP contribution in [-0.2, 0) is 16.2 Å². The minimum absolute atomic E-state index is 0.0135. The van der Waals surface area contributed by atoms with Gasteiger partial charge in [-0.3, -0.25) is 0 Å². The summed E-state index contributed by atoms with van der Waals surface area (Å²) in [5, 5.41) is 0. The van der Waals surface area contributed by atoms with Gasteiger partial charge in [0.2, 0.25) is 0 Å². The van der Waals surface area contributed by atoms with Crippen LogP contribution in [0.2, 0.25) is 0 Å². The lowest BCUT2D eigenvalue weighted by atomic mass is 9.57. The van der Waals surface area contributed by atoms with Crippen molar-refractivity contribution in [3.8, 4) is 44.5 Å². The van der Waals surface area contributed by atoms with Gasteiger partial charge in [0.05, 0.1) is 11.1 Å². The molecule has 0 atom stereocenters. The van der Waals surface area contributed by atoms with Crippen LogP contribution in [0, 0.1) is 0 Å². The molecule has 0 saturated heterocycles. The molecule has 4 aliphatic rings. The second-order valence-corrected chi connectivity index (χ2v) is 19.5. The van der Waals surface area contributed by atoms with Crippen LogP contribution in [0.5, 0.6) is 0 Å². The number of anilines is 3. The van der Waals surface area contributed by atoms with Crippen molar-refractivity contribution in [2.24, 2.45) is 0 Å². The molecule has 1 saturated carbocycles. The Morgan fingerprint density at radius 1 is 0.279 bits per heavy atom. The third kappa shape index (κ3) is 5.39. The molecule has 0 heterocycles. The van der Waals surface area contributed by atoms with E-state index in [-0.39, 0.29) is 10.8 Å². The fourth-order valence-electron chi connectivity index (χ4n) is 13.7. The van der Waals surface area contributed by atoms with E-state index in [0.717, 1.165) is 31.4 Å². The zero-order chi connectivity index (χ0) is 44.9. The summed E-state index contributed by atoms with van der Waals surface area (Å²) in [4.78, 5) is 2.58. The minimum atomic E-state index is -0.513. The van der Waals surface area contributed by atoms with Gasteiger partial charge in [0, 0.05) is 27.8 Å². The van der Waals surface area contributed by atoms with Crippen LogP contribution in [-0.4, -0.2) is 0 Å². The van der Waals surface area contributed by atoms with Crippen LogP contribution in [0.4, 0.5) is 17.1 Å². The average Bonchev–Trinajstić information content (AvgIpc) is 3.98. The van der Waals surface area contributed by atoms with Crippen LogP contribution in [0.25, 0.3) is 44.5 Å². The first-order chi connectivity index (χ1) is 33.7. The molecule has 0 amide bonds. The van der Waals surface area contributed by atoms with E-state index >= 15 is 0 Å². The standard InChI is InChI=1S/C67H49N/c1-4-20-46(21-5-1)47-22-18-27-50(44-47)68(63-37-19-36-61-64(63)56-31-13-17-35-60(56)67(61,48-23-6-2-7-24-48)49-25-8-3-9-26-49)51-38-39-55-54-30-12-16-34-59(54)66(62(55)45-51)42-40-65(41-43-66)57-32-14-10-28-52(57)53-29-11-15-33-58(53)65/h1-39,44-45H,40-43H2. The molecule has 0 radical (unpaired) electrons. The van der Waals surface area contributed by atoms with Crippen LogP contribution < -0.4 is 4.90 Å². The van der Waals surface area contributed by atoms with Crippen LogP contribution >= 0.6 is 0 Å². The van der Waals surface area contributed by atoms with Crippen molar-refractivity contribution >= 4 is 17.1 Å². The first kappa shape index (κ1) is 39.2. The molecule has 0 bridgehead atoms. The van der Waals surface area contributed by atoms with Crippen molar-refractivity contribution in [1.82, 2.24) is 0 Å². The highest BCUT2D eigenvalue weighted by atomic mass is 15.1. The summed E-state index contributed by atoms with van der Waals surface area (Å²) in [7, 11) is 0. The van der Waals surface area contributed by atoms with Crippen LogP contribution in [0.1, 0.15) is 70.2 Å². The summed E-state index contributed by atoms with van der Waals surface area (Å²) in [5.41, 5.74) is 24.6. The predicted molar refractivity (Wildman–Crippen MR) is 281 cm³/mol. The quantitative estimate of drug-likeness (QED) is 0.161. The van der Waals surface area contributed by atoms with E-state index in [1.807, 2.05) is 0 Å². The number of hydrogen-bond acceptors (Lipinski definition) is 1. The molecule has 0 N–H and O–H groups in total. The zero-order valence-corrected chi connectivity index (χ0v) is 37.9. The van der Waals surface area contributed by atoms with E-state index in [1.54, 1.807) is 0 Å². The summed E-state index contributed by atoms with van der Waals surface area (Å²) in [6, 6.07) is 93.9. The molecule has 1 fully saturated rings. The number of fused-ring (bicyclic) bond motifs is 13. The van der Waals surface area contributed by atoms with Gasteiger partial charge >= 0.3 is 0 Å². The Hall–Kier alpha value is -8.00. The average molecular weight is 868 g/mol. The Morgan fingerprint density at radius 3 is 1.29 bits per heavy atom. The molecule has 10 aromatic carbocycles. The maximum absolute atomic E-state index is 2.60. The molecule has 0 aliphatic heterocycles. The lowest BCUT2D eigenvalue weighted by molar-refractivity contribution is 0.265. The van der Waals surface area contributed by atoms with Crippen molar-refractivity contribution in [3.05, 3.63) is 293 Å². The minimum Gasteiger partial charge on any atom is -0.310 e. The van der Waals surface area contributed by atoms with Gasteiger partial charge in [-0.2, -0.15) is 0 Å². The predicted octanol–water partition coefficient (Wildman–Crippen LogP) is 17.0. The van der Waals surface area contributed by atoms with Crippen molar-refractivity contribution in [1.29, 1.82) is 0 Å². The monoisotopic (exact) mass is 867 g/mol. The molecule has 1 heteroatoms. The Morgan fingerprint density at radius 2 is 0.706 bits per heavy atom. The second-order valence-electron chi connectivity index (χ2n) is 19.5. The fraction of sp³-hybridized carbons (Fsp3) is 0.104. The van der Waals surface area contributed by atoms with Crippen LogP contribution in [0.15, 0.2) is 249 Å². The smallest absolute Gasteiger partial charge is 0.0714 e. The molecule has 4 aliphatic carbocycles. The Labute approximate surface area is 399 Å². The molecule has 1 nitrogen and oxygen atoms in total. The molecule has 68 heavy (non-hydrogen) atoms. The first-order valence-electron chi connectivity index (χ1n) is 24.4. The van der Waals surface area contributed by atoms with Gasteiger partial charge in [0.1, 0.15) is 0 Å². The van der Waals surface area contributed by atoms with Crippen molar-refractivity contribution in [3.63, 3.8) is 0 Å². The van der Waals surface area contributed by atoms with Gasteiger partial charge in [0.25, 0.3) is 0 Å². The lowest BCUT2D eigenvalue weighted by Crippen LogP contribution is -2.39. The summed E-state index contributed by atoms with van der Waals surface area (Å²) in [6.45, 7) is 0. The SMILES string of the molecule is c1ccc(-c2cccc(N(c3ccc4c(c3)C3(CCC5(CC3)c3ccccc3-c3ccccc35)c3ccccc3-4)c3cccc4c3-c3ccccc3C4(c3ccccc3)c3ccccc3)c2)cc1. The summed E-state index contributed by atoms with van der Waals surface area (Å²) < 4.78 is 0. The maximum Gasteiger partial charge on any atom is 0.0714 e. The lowest BCUT2D eigenvalue weighted by Gasteiger charge is -2.45. The number of nitrogens with zero attached hydrogens (tertiary/aromatic N) is 1. The molecule has 14 rings (SSSR count). The topological polar surface area (TPSA) is 3.24 Å². The highest BCUT2D eigenvalue weighted by Gasteiger charge is 2.53. The Kier molecular flexibility index (Phi) is 8.65. The van der Waals surface area contributed by atoms with Crippen molar-refractivity contribution in [2.75, 3.05) is 4.90 Å². The van der Waals surface area contributed by atoms with Gasteiger partial charge < -0.3 is 4.90 Å². The first-order valence-corrected chi connectivity index (χ1v) is 24.4. The molecule has 322 valence electrons. The summed E-state index contributed by atoms with van der Waals surface area (Å²) >= 11 is 0. The van der Waals surface area contributed by atoms with E-state index in [9.17, 15) is 0 Å². The molecular weight excluding hydrogens is 819 g/mol. The van der Waals surface area contributed by atoms with Gasteiger partial charge in [-0.1, -0.05) is 218 Å². The normalized spacial score (nSPS) is 15.8. The van der Waals surface area contributed by atoms with E-state index in [2.05, 4.69) is 254 Å². The van der Waals surface area contributed by atoms with Crippen molar-refractivity contribution in [2.45, 2.75) is 41.9 Å². The fourth-order valence-corrected chi connectivity index (χ4v) is 13.7. The molecule has 2 spiro atoms. The van der Waals surface area contributed by atoms with E-state index in [1.165, 1.54) is 100 Å². The van der Waals surface area contributed by atoms with E-state index in [0.29, 0.717) is 0 Å². The number of rotatable bonds is 6. The number of hydrogen-bond donors (Lipinski definition) is 0. The van der Waals surface area contributed by atoms with Gasteiger partial charge in [-0.25, -0.2) is 0 Å². The third-order valence-corrected chi connectivity index (χ3v) is 16.6. The summed E-state index contributed by atoms with van der Waals surface area (Å²) in [5.74, 6) is 0. The maximum atomic E-state index is 2.60. The molecular formula is C67H49N. The molecule has 10 aromatic rings. The highest BCUT2D eigenvalue weighted by Crippen LogP contribution is 2.65. The third-order valence-electron chi connectivity index (χ3n) is 16.6. The van der Waals surface area contributed by atoms with Gasteiger partial charge in [-0.15, -0.1) is 0 Å². The van der Waals surface area contributed by atoms with Crippen molar-refractivity contribution < 1.29 is 0 Å². The molecule has 0 aromatic heterocycles. The summed E-state index contributed by atoms with van der Waals surface area (Å²) in [6.07, 6.45) is 4.37. The largest absolute Gasteiger partial charge is 0.310 e. The highest BCUT2D eigenvalue weighted by molar-refractivity contribution is 5.98. The van der Waals surface area contributed by atoms with E-state index in [4.69, 9.17) is 0 Å².